The van der Waals surface area contributed by atoms with Crippen LogP contribution in [0.15, 0.2) is 104 Å². The van der Waals surface area contributed by atoms with Crippen molar-refractivity contribution in [2.45, 2.75) is 118 Å². The number of sulfonamides is 2. The fourth-order valence-corrected chi connectivity index (χ4v) is 20.4. The Hall–Kier alpha value is -6.44. The number of ether oxygens (including phenoxy) is 1. The normalized spacial score (nSPS) is 26.5. The number of fused-ring (bicyclic) bond motifs is 5. The smallest absolute Gasteiger partial charge is 0.356 e. The number of aliphatic carboxylic acids is 1. The summed E-state index contributed by atoms with van der Waals surface area (Å²) in [5, 5.41) is 21.9. The summed E-state index contributed by atoms with van der Waals surface area (Å²) in [7, 11) is -6.72. The molecular weight excluding hydrogens is 1130 g/mol. The number of hydrogen-bond donors (Lipinski definition) is 3. The first-order valence-corrected chi connectivity index (χ1v) is 32.0. The van der Waals surface area contributed by atoms with Gasteiger partial charge in [-0.05, 0) is 122 Å². The van der Waals surface area contributed by atoms with E-state index in [9.17, 15) is 55.8 Å². The van der Waals surface area contributed by atoms with Crippen molar-refractivity contribution in [1.29, 1.82) is 0 Å². The van der Waals surface area contributed by atoms with Gasteiger partial charge in [-0.3, -0.25) is 37.7 Å². The summed E-state index contributed by atoms with van der Waals surface area (Å²) in [6, 6.07) is 18.1. The van der Waals surface area contributed by atoms with E-state index in [1.54, 1.807) is 31.2 Å². The molecular formula is C58H63N5O15S4. The Kier molecular flexibility index (Phi) is 14.9. The number of carboxylic acid groups (broad SMARTS) is 1. The number of thioether (sulfide) groups is 2. The van der Waals surface area contributed by atoms with Crippen LogP contribution in [0.4, 0.5) is 11.4 Å². The third kappa shape index (κ3) is 9.17. The summed E-state index contributed by atoms with van der Waals surface area (Å²) in [4.78, 5) is 87.7. The van der Waals surface area contributed by atoms with E-state index in [-0.39, 0.29) is 62.5 Å². The zero-order chi connectivity index (χ0) is 58.5. The number of amides is 3. The molecule has 0 aromatic heterocycles. The number of hydrogen-bond acceptors (Lipinski definition) is 16. The fraction of sp³-hybridized carbons (Fsp3) is 0.448. The number of aliphatic hydroxyl groups excluding tert-OH is 1. The van der Waals surface area contributed by atoms with Gasteiger partial charge in [0.15, 0.2) is 0 Å². The minimum absolute atomic E-state index is 0.0228. The van der Waals surface area contributed by atoms with Crippen LogP contribution in [0.2, 0.25) is 0 Å². The van der Waals surface area contributed by atoms with Gasteiger partial charge >= 0.3 is 17.9 Å². The van der Waals surface area contributed by atoms with Crippen molar-refractivity contribution in [3.63, 3.8) is 0 Å². The molecule has 2 saturated heterocycles. The SMILES string of the molecule is C=CCOC(=O)C1=C(CN2c3cccc4c(CCC)ccc(c34)S2(=O)=O)SC2C(C(C)C(=O)OOC)C(=O)N12.CC(O)C1C(=O)N2C(C(=O)O)=C(CN3c4cccc5c(CCC67CCC(CC(N)=O)(CC6)CC7)ccc(c45)S3(=O)=O)SC12. The molecule has 0 spiro atoms. The number of β-lactam (4-membered cyclic amide) rings is 2. The molecule has 2 bridgehead atoms. The van der Waals surface area contributed by atoms with Crippen LogP contribution in [0.1, 0.15) is 89.7 Å². The second kappa shape index (κ2) is 21.3. The lowest BCUT2D eigenvalue weighted by molar-refractivity contribution is -0.260. The largest absolute Gasteiger partial charge is 0.477 e. The van der Waals surface area contributed by atoms with Gasteiger partial charge in [0, 0.05) is 27.0 Å². The van der Waals surface area contributed by atoms with Gasteiger partial charge in [0.05, 0.1) is 70.6 Å². The second-order valence-electron chi connectivity index (χ2n) is 22.6. The number of primary amides is 1. The number of nitrogens with zero attached hydrogens (tertiary/aromatic N) is 4. The Balaban J connectivity index is 0.000000173. The summed E-state index contributed by atoms with van der Waals surface area (Å²) >= 11 is 2.32. The molecule has 6 unspecified atom stereocenters. The molecule has 9 aliphatic rings. The van der Waals surface area contributed by atoms with Crippen LogP contribution in [-0.4, -0.2) is 116 Å². The van der Waals surface area contributed by atoms with Crippen molar-refractivity contribution < 1.29 is 70.3 Å². The molecule has 4 N–H and O–H groups in total. The molecule has 6 aliphatic heterocycles. The van der Waals surface area contributed by atoms with E-state index in [1.807, 2.05) is 36.4 Å². The van der Waals surface area contributed by atoms with Crippen molar-refractivity contribution in [2.75, 3.05) is 35.4 Å². The molecule has 0 radical (unpaired) electrons. The molecule has 4 aromatic rings. The Morgan fingerprint density at radius 3 is 1.76 bits per heavy atom. The minimum Gasteiger partial charge on any atom is -0.477 e. The number of benzene rings is 4. The monoisotopic (exact) mass is 1200 g/mol. The van der Waals surface area contributed by atoms with Crippen LogP contribution in [0, 0.1) is 28.6 Å². The average molecular weight is 1200 g/mol. The van der Waals surface area contributed by atoms with Gasteiger partial charge in [-0.1, -0.05) is 92.8 Å². The molecule has 6 heterocycles. The van der Waals surface area contributed by atoms with E-state index in [1.165, 1.54) is 50.3 Å². The van der Waals surface area contributed by atoms with Crippen LogP contribution < -0.4 is 14.3 Å². The third-order valence-corrected chi connectivity index (χ3v) is 24.3. The Morgan fingerprint density at radius 2 is 1.26 bits per heavy atom. The molecule has 82 heavy (non-hydrogen) atoms. The highest BCUT2D eigenvalue weighted by molar-refractivity contribution is 8.04. The maximum Gasteiger partial charge on any atom is 0.356 e. The number of carbonyl (C=O) groups is 6. The quantitative estimate of drug-likeness (QED) is 0.0275. The summed E-state index contributed by atoms with van der Waals surface area (Å²) in [6.07, 6.45) is 10.8. The molecule has 24 heteroatoms. The zero-order valence-corrected chi connectivity index (χ0v) is 48.9. The number of carbonyl (C=O) groups excluding carboxylic acids is 5. The Labute approximate surface area is 483 Å². The molecule has 434 valence electrons. The fourth-order valence-electron chi connectivity index (χ4n) is 13.7. The Bertz CT molecular complexity index is 3720. The van der Waals surface area contributed by atoms with Crippen LogP contribution >= 0.6 is 23.5 Å². The van der Waals surface area contributed by atoms with Gasteiger partial charge in [-0.25, -0.2) is 31.2 Å². The van der Waals surface area contributed by atoms with Gasteiger partial charge in [0.25, 0.3) is 20.0 Å². The predicted octanol–water partition coefficient (Wildman–Crippen LogP) is 7.22. The minimum atomic E-state index is -3.97. The van der Waals surface area contributed by atoms with E-state index in [0.717, 1.165) is 97.9 Å². The van der Waals surface area contributed by atoms with E-state index in [4.69, 9.17) is 10.5 Å². The molecule has 5 fully saturated rings. The number of aryl methyl sites for hydroxylation is 2. The van der Waals surface area contributed by atoms with Gasteiger partial charge in [0.2, 0.25) is 17.7 Å². The van der Waals surface area contributed by atoms with Crippen molar-refractivity contribution in [3.05, 3.63) is 106 Å². The first kappa shape index (κ1) is 57.4. The second-order valence-corrected chi connectivity index (χ2v) is 28.7. The lowest BCUT2D eigenvalue weighted by Crippen LogP contribution is -2.60. The van der Waals surface area contributed by atoms with Crippen molar-refractivity contribution >= 4 is 112 Å². The van der Waals surface area contributed by atoms with Gasteiger partial charge in [-0.15, -0.1) is 0 Å². The average Bonchev–Trinajstić information content (AvgIpc) is 3.30. The molecule has 13 rings (SSSR count). The van der Waals surface area contributed by atoms with Crippen molar-refractivity contribution in [2.24, 2.45) is 34.3 Å². The number of nitrogens with two attached hydrogens (primary N) is 1. The first-order chi connectivity index (χ1) is 39.0. The van der Waals surface area contributed by atoms with E-state index in [0.29, 0.717) is 33.5 Å². The highest BCUT2D eigenvalue weighted by atomic mass is 32.2. The molecule has 20 nitrogen and oxygen atoms in total. The predicted molar refractivity (Wildman–Crippen MR) is 306 cm³/mol. The first-order valence-electron chi connectivity index (χ1n) is 27.4. The summed E-state index contributed by atoms with van der Waals surface area (Å²) in [5.41, 5.74) is 8.78. The maximum absolute atomic E-state index is 13.9. The number of rotatable bonds is 19. The maximum atomic E-state index is 13.9. The standard InChI is InChI=1S/C31H35N3O7S2.C27H28N2O8S2/c1-17(35)24-27(37)34-26(29(38)39)21(42-28(24)34)16-33-20-4-2-3-19-18(5-6-22(25(19)20)43(33,40)41)7-8-30-9-12-31(13-10-30,14-11-30)15-23(32)36;1-5-8-16-11-12-20-22-17(16)9-7-10-18(22)28(39(20,33)34)14-19-23(27(32)36-13-6-2)29-24(30)21(25(29)38-19)15(3)26(31)37-35-4/h2-6,17,24,28,35H,7-16H2,1H3,(H2,32,36)(H,38,39);6-7,9-12,15,21,25H,2,5,8,13-14H2,1,3-4H3. The van der Waals surface area contributed by atoms with Crippen molar-refractivity contribution in [3.8, 4) is 0 Å². The number of anilines is 2. The van der Waals surface area contributed by atoms with Gasteiger partial charge in [0.1, 0.15) is 23.4 Å². The number of carboxylic acids is 1. The summed E-state index contributed by atoms with van der Waals surface area (Å²) in [5.74, 6) is -6.28. The number of aliphatic hydroxyl groups is 1. The van der Waals surface area contributed by atoms with Crippen molar-refractivity contribution in [1.82, 2.24) is 9.80 Å². The van der Waals surface area contributed by atoms with Gasteiger partial charge in [-0.2, -0.15) is 4.89 Å². The van der Waals surface area contributed by atoms with E-state index < -0.39 is 84.4 Å². The molecule has 3 aliphatic carbocycles. The van der Waals surface area contributed by atoms with E-state index >= 15 is 0 Å². The van der Waals surface area contributed by atoms with Gasteiger partial charge < -0.3 is 20.7 Å². The topological polar surface area (TPSA) is 278 Å². The molecule has 3 amide bonds. The third-order valence-electron chi connectivity index (χ3n) is 18.0. The highest BCUT2D eigenvalue weighted by Gasteiger charge is 2.61. The number of esters is 1. The molecule has 3 saturated carbocycles. The van der Waals surface area contributed by atoms with Crippen LogP contribution in [0.25, 0.3) is 21.5 Å². The summed E-state index contributed by atoms with van der Waals surface area (Å²) in [6.45, 7) is 8.20. The zero-order valence-electron chi connectivity index (χ0n) is 45.6. The lowest BCUT2D eigenvalue weighted by Gasteiger charge is -2.53. The van der Waals surface area contributed by atoms with Crippen LogP contribution in [0.5, 0.6) is 0 Å². The molecule has 4 aromatic carbocycles. The van der Waals surface area contributed by atoms with Crippen LogP contribution in [0.3, 0.4) is 0 Å². The molecule has 6 atom stereocenters. The van der Waals surface area contributed by atoms with E-state index in [2.05, 4.69) is 23.3 Å². The summed E-state index contributed by atoms with van der Waals surface area (Å²) < 4.78 is 63.0. The highest BCUT2D eigenvalue weighted by Crippen LogP contribution is 2.61. The lowest BCUT2D eigenvalue weighted by atomic mass is 9.51. The Morgan fingerprint density at radius 1 is 0.756 bits per heavy atom. The van der Waals surface area contributed by atoms with Crippen LogP contribution in [-0.2, 0) is 76.2 Å².